The van der Waals surface area contributed by atoms with Crippen LogP contribution >= 0.6 is 11.3 Å². The van der Waals surface area contributed by atoms with E-state index >= 15 is 4.39 Å². The number of rotatable bonds is 4. The summed E-state index contributed by atoms with van der Waals surface area (Å²) in [7, 11) is 1.52. The molecule has 1 aliphatic heterocycles. The Kier molecular flexibility index (Phi) is 5.70. The highest BCUT2D eigenvalue weighted by Crippen LogP contribution is 2.38. The average Bonchev–Trinajstić information content (AvgIpc) is 3.56. The van der Waals surface area contributed by atoms with Crippen LogP contribution in [0.2, 0.25) is 0 Å². The van der Waals surface area contributed by atoms with Gasteiger partial charge in [0.25, 0.3) is 5.91 Å². The van der Waals surface area contributed by atoms with E-state index in [4.69, 9.17) is 4.74 Å². The number of benzene rings is 1. The first-order chi connectivity index (χ1) is 16.4. The van der Waals surface area contributed by atoms with Gasteiger partial charge < -0.3 is 20.1 Å². The summed E-state index contributed by atoms with van der Waals surface area (Å²) in [5.41, 5.74) is 1.62. The molecule has 4 aromatic rings. The third-order valence-electron chi connectivity index (χ3n) is 6.14. The lowest BCUT2D eigenvalue weighted by atomic mass is 10.2. The monoisotopic (exact) mass is 482 g/mol. The van der Waals surface area contributed by atoms with Crippen LogP contribution in [0.3, 0.4) is 0 Å². The zero-order chi connectivity index (χ0) is 24.0. The SMILES string of the molecule is CNC(=O)n1c(C)cc2c(F)c(Oc3ccnc4cc(C(=O)N5CCCC5CO)sc34)ccc21. The van der Waals surface area contributed by atoms with Crippen molar-refractivity contribution < 1.29 is 23.8 Å². The fourth-order valence-electron chi connectivity index (χ4n) is 4.47. The molecule has 5 rings (SSSR count). The largest absolute Gasteiger partial charge is 0.453 e. The van der Waals surface area contributed by atoms with E-state index in [-0.39, 0.29) is 35.7 Å². The van der Waals surface area contributed by atoms with Crippen molar-refractivity contribution >= 4 is 44.4 Å². The summed E-state index contributed by atoms with van der Waals surface area (Å²) >= 11 is 1.23. The van der Waals surface area contributed by atoms with Gasteiger partial charge in [0, 0.05) is 36.9 Å². The zero-order valence-electron chi connectivity index (χ0n) is 18.7. The standard InChI is InChI=1S/C24H23FN4O4S/c1-13-10-15-17(29(13)24(32)26-2)5-6-18(21(15)25)33-19-7-8-27-16-11-20(34-22(16)19)23(31)28-9-3-4-14(28)12-30/h5-8,10-11,14,30H,3-4,9,12H2,1-2H3,(H,26,32). The van der Waals surface area contributed by atoms with E-state index in [0.29, 0.717) is 38.6 Å². The number of aryl methyl sites for hydroxylation is 1. The van der Waals surface area contributed by atoms with Gasteiger partial charge in [0.15, 0.2) is 11.6 Å². The van der Waals surface area contributed by atoms with Crippen LogP contribution in [-0.4, -0.2) is 57.7 Å². The van der Waals surface area contributed by atoms with Crippen molar-refractivity contribution in [1.29, 1.82) is 0 Å². The molecular formula is C24H23FN4O4S. The highest BCUT2D eigenvalue weighted by molar-refractivity contribution is 7.21. The Morgan fingerprint density at radius 2 is 2.12 bits per heavy atom. The number of nitrogens with zero attached hydrogens (tertiary/aromatic N) is 3. The Hall–Kier alpha value is -3.50. The van der Waals surface area contributed by atoms with Gasteiger partial charge in [-0.05, 0) is 44.0 Å². The minimum absolute atomic E-state index is 0.00946. The van der Waals surface area contributed by atoms with Crippen LogP contribution in [0.15, 0.2) is 36.5 Å². The van der Waals surface area contributed by atoms with E-state index in [1.54, 1.807) is 42.3 Å². The maximum absolute atomic E-state index is 15.4. The molecule has 8 nitrogen and oxygen atoms in total. The Labute approximate surface area is 198 Å². The summed E-state index contributed by atoms with van der Waals surface area (Å²) in [6.45, 7) is 2.27. The molecule has 1 unspecified atom stereocenters. The molecule has 2 amide bonds. The van der Waals surface area contributed by atoms with Crippen LogP contribution in [0.1, 0.15) is 28.2 Å². The highest BCUT2D eigenvalue weighted by Gasteiger charge is 2.30. The Bertz CT molecular complexity index is 1430. The summed E-state index contributed by atoms with van der Waals surface area (Å²) in [4.78, 5) is 31.7. The van der Waals surface area contributed by atoms with Gasteiger partial charge in [-0.3, -0.25) is 14.3 Å². The van der Waals surface area contributed by atoms with Crippen LogP contribution in [0.4, 0.5) is 9.18 Å². The lowest BCUT2D eigenvalue weighted by Crippen LogP contribution is -2.37. The Morgan fingerprint density at radius 1 is 1.29 bits per heavy atom. The second-order valence-corrected chi connectivity index (χ2v) is 9.25. The van der Waals surface area contributed by atoms with Gasteiger partial charge in [-0.2, -0.15) is 0 Å². The third-order valence-corrected chi connectivity index (χ3v) is 7.27. The van der Waals surface area contributed by atoms with Crippen LogP contribution < -0.4 is 10.1 Å². The topological polar surface area (TPSA) is 96.7 Å². The molecule has 0 radical (unpaired) electrons. The van der Waals surface area contributed by atoms with Crippen molar-refractivity contribution in [3.05, 3.63) is 52.9 Å². The smallest absolute Gasteiger partial charge is 0.325 e. The number of amides is 2. The maximum atomic E-state index is 15.4. The predicted octanol–water partition coefficient (Wildman–Crippen LogP) is 4.28. The van der Waals surface area contributed by atoms with Gasteiger partial charge in [-0.1, -0.05) is 0 Å². The molecule has 1 aromatic carbocycles. The van der Waals surface area contributed by atoms with Crippen LogP contribution in [0.25, 0.3) is 21.1 Å². The Morgan fingerprint density at radius 3 is 2.88 bits per heavy atom. The highest BCUT2D eigenvalue weighted by atomic mass is 32.1. The molecule has 0 aliphatic carbocycles. The summed E-state index contributed by atoms with van der Waals surface area (Å²) < 4.78 is 23.4. The third kappa shape index (κ3) is 3.59. The second kappa shape index (κ2) is 8.69. The number of fused-ring (bicyclic) bond motifs is 2. The number of nitrogens with one attached hydrogen (secondary N) is 1. The number of pyridine rings is 1. The Balaban J connectivity index is 1.50. The van der Waals surface area contributed by atoms with Crippen LogP contribution in [-0.2, 0) is 0 Å². The van der Waals surface area contributed by atoms with Gasteiger partial charge in [-0.15, -0.1) is 11.3 Å². The summed E-state index contributed by atoms with van der Waals surface area (Å²) in [6.07, 6.45) is 3.19. The first-order valence-electron chi connectivity index (χ1n) is 10.9. The number of aliphatic hydroxyl groups excluding tert-OH is 1. The lowest BCUT2D eigenvalue weighted by molar-refractivity contribution is 0.0682. The van der Waals surface area contributed by atoms with Crippen molar-refractivity contribution in [2.45, 2.75) is 25.8 Å². The van der Waals surface area contributed by atoms with Crippen molar-refractivity contribution in [2.24, 2.45) is 0 Å². The molecule has 10 heteroatoms. The van der Waals surface area contributed by atoms with Gasteiger partial charge in [0.2, 0.25) is 0 Å². The van der Waals surface area contributed by atoms with E-state index in [1.165, 1.54) is 29.0 Å². The van der Waals surface area contributed by atoms with Gasteiger partial charge in [0.1, 0.15) is 5.75 Å². The second-order valence-electron chi connectivity index (χ2n) is 8.20. The van der Waals surface area contributed by atoms with E-state index in [0.717, 1.165) is 12.8 Å². The summed E-state index contributed by atoms with van der Waals surface area (Å²) in [5, 5.41) is 12.4. The van der Waals surface area contributed by atoms with E-state index in [9.17, 15) is 14.7 Å². The predicted molar refractivity (Wildman–Crippen MR) is 127 cm³/mol. The van der Waals surface area contributed by atoms with Crippen LogP contribution in [0.5, 0.6) is 11.5 Å². The number of carbonyl (C=O) groups excluding carboxylic acids is 2. The summed E-state index contributed by atoms with van der Waals surface area (Å²) in [6, 6.07) is 7.53. The van der Waals surface area contributed by atoms with Crippen molar-refractivity contribution in [3.8, 4) is 11.5 Å². The molecule has 1 atom stereocenters. The molecule has 2 N–H and O–H groups in total. The molecule has 4 heterocycles. The molecule has 1 fully saturated rings. The number of ether oxygens (including phenoxy) is 1. The fourth-order valence-corrected chi connectivity index (χ4v) is 5.49. The van der Waals surface area contributed by atoms with Crippen molar-refractivity contribution in [3.63, 3.8) is 0 Å². The molecule has 34 heavy (non-hydrogen) atoms. The number of thiophene rings is 1. The van der Waals surface area contributed by atoms with E-state index in [1.807, 2.05) is 0 Å². The molecule has 1 aliphatic rings. The average molecular weight is 483 g/mol. The molecule has 176 valence electrons. The summed E-state index contributed by atoms with van der Waals surface area (Å²) in [5.74, 6) is -0.335. The quantitative estimate of drug-likeness (QED) is 0.453. The van der Waals surface area contributed by atoms with Crippen molar-refractivity contribution in [1.82, 2.24) is 19.8 Å². The molecular weight excluding hydrogens is 459 g/mol. The number of aliphatic hydroxyl groups is 1. The minimum Gasteiger partial charge on any atom is -0.453 e. The van der Waals surface area contributed by atoms with Gasteiger partial charge in [-0.25, -0.2) is 9.18 Å². The van der Waals surface area contributed by atoms with E-state index in [2.05, 4.69) is 10.3 Å². The van der Waals surface area contributed by atoms with E-state index < -0.39 is 5.82 Å². The maximum Gasteiger partial charge on any atom is 0.325 e. The number of aromatic nitrogens is 2. The van der Waals surface area contributed by atoms with Gasteiger partial charge in [0.05, 0.1) is 33.3 Å². The number of halogens is 1. The molecule has 0 spiro atoms. The first-order valence-corrected chi connectivity index (χ1v) is 11.8. The number of carbonyl (C=O) groups is 2. The molecule has 0 bridgehead atoms. The number of hydrogen-bond donors (Lipinski definition) is 2. The molecule has 1 saturated heterocycles. The lowest BCUT2D eigenvalue weighted by Gasteiger charge is -2.22. The first kappa shape index (κ1) is 22.3. The minimum atomic E-state index is -0.580. The van der Waals surface area contributed by atoms with Crippen molar-refractivity contribution in [2.75, 3.05) is 20.2 Å². The molecule has 0 saturated carbocycles. The fraction of sp³-hybridized carbons (Fsp3) is 0.292. The number of hydrogen-bond acceptors (Lipinski definition) is 6. The molecule has 3 aromatic heterocycles. The van der Waals surface area contributed by atoms with Crippen LogP contribution in [0, 0.1) is 12.7 Å². The number of likely N-dealkylation sites (tertiary alicyclic amines) is 1. The zero-order valence-corrected chi connectivity index (χ0v) is 19.5. The van der Waals surface area contributed by atoms with Gasteiger partial charge >= 0.3 is 6.03 Å². The normalized spacial score (nSPS) is 15.9.